The molecule has 0 bridgehead atoms. The van der Waals surface area contributed by atoms with Gasteiger partial charge in [0.25, 0.3) is 0 Å². The molecule has 0 aromatic heterocycles. The fraction of sp³-hybridized carbons (Fsp3) is 0.316. The van der Waals surface area contributed by atoms with E-state index in [0.29, 0.717) is 26.2 Å². The third-order valence-corrected chi connectivity index (χ3v) is 4.97. The molecule has 2 aliphatic heterocycles. The molecule has 1 amide bonds. The largest absolute Gasteiger partial charge is 0.493 e. The molecule has 0 aliphatic carbocycles. The fourth-order valence-electron chi connectivity index (χ4n) is 3.35. The maximum absolute atomic E-state index is 12.3. The van der Waals surface area contributed by atoms with Crippen LogP contribution in [0.4, 0.5) is 0 Å². The minimum Gasteiger partial charge on any atom is -0.493 e. The van der Waals surface area contributed by atoms with Gasteiger partial charge in [0.1, 0.15) is 11.5 Å². The summed E-state index contributed by atoms with van der Waals surface area (Å²) in [6.45, 7) is 1.90. The van der Waals surface area contributed by atoms with Crippen LogP contribution in [0.1, 0.15) is 22.3 Å². The van der Waals surface area contributed by atoms with E-state index in [4.69, 9.17) is 9.47 Å². The third kappa shape index (κ3) is 3.00. The number of ether oxygens (including phenoxy) is 2. The van der Waals surface area contributed by atoms with Crippen molar-refractivity contribution in [2.45, 2.75) is 25.8 Å². The minimum absolute atomic E-state index is 0.0105. The van der Waals surface area contributed by atoms with Crippen molar-refractivity contribution in [1.82, 2.24) is 5.32 Å². The Hall–Kier alpha value is -2.01. The molecule has 5 heteroatoms. The summed E-state index contributed by atoms with van der Waals surface area (Å²) in [5.74, 6) is 1.91. The summed E-state index contributed by atoms with van der Waals surface area (Å²) in [5, 5.41) is 3.04. The van der Waals surface area contributed by atoms with Crippen LogP contribution in [0.2, 0.25) is 0 Å². The molecule has 0 atom stereocenters. The van der Waals surface area contributed by atoms with Gasteiger partial charge in [0.2, 0.25) is 5.91 Å². The summed E-state index contributed by atoms with van der Waals surface area (Å²) in [7, 11) is 0. The first kappa shape index (κ1) is 15.5. The van der Waals surface area contributed by atoms with E-state index in [9.17, 15) is 4.79 Å². The first-order valence-electron chi connectivity index (χ1n) is 8.15. The number of carbonyl (C=O) groups is 1. The molecule has 0 fully saturated rings. The van der Waals surface area contributed by atoms with Crippen molar-refractivity contribution in [3.05, 3.63) is 57.1 Å². The van der Waals surface area contributed by atoms with E-state index in [-0.39, 0.29) is 5.91 Å². The van der Waals surface area contributed by atoms with Crippen LogP contribution in [0.25, 0.3) is 0 Å². The van der Waals surface area contributed by atoms with Crippen molar-refractivity contribution in [2.75, 3.05) is 13.2 Å². The Morgan fingerprint density at radius 3 is 2.92 bits per heavy atom. The number of amides is 1. The topological polar surface area (TPSA) is 47.6 Å². The van der Waals surface area contributed by atoms with E-state index in [1.807, 2.05) is 24.3 Å². The number of rotatable bonds is 4. The Bertz CT molecular complexity index is 771. The molecular weight excluding hydrogens is 370 g/mol. The lowest BCUT2D eigenvalue weighted by atomic mass is 9.99. The van der Waals surface area contributed by atoms with Crippen LogP contribution in [-0.2, 0) is 30.6 Å². The summed E-state index contributed by atoms with van der Waals surface area (Å²) < 4.78 is 12.5. The van der Waals surface area contributed by atoms with Gasteiger partial charge in [-0.2, -0.15) is 0 Å². The van der Waals surface area contributed by atoms with Crippen LogP contribution in [-0.4, -0.2) is 19.1 Å². The second-order valence-electron chi connectivity index (χ2n) is 6.10. The molecule has 2 heterocycles. The van der Waals surface area contributed by atoms with Crippen LogP contribution < -0.4 is 14.8 Å². The van der Waals surface area contributed by atoms with E-state index in [1.54, 1.807) is 0 Å². The standard InChI is InChI=1S/C19H18BrNO3/c20-14-3-1-2-12(8-14)9-18(22)21-11-16-15-5-7-23-17(15)10-13-4-6-24-19(13)16/h1-3,8,10H,4-7,9,11H2,(H,21,22). The second kappa shape index (κ2) is 6.48. The Labute approximate surface area is 149 Å². The summed E-state index contributed by atoms with van der Waals surface area (Å²) in [6.07, 6.45) is 2.15. The molecule has 0 unspecified atom stereocenters. The predicted octanol–water partition coefficient (Wildman–Crippen LogP) is 3.18. The molecule has 4 nitrogen and oxygen atoms in total. The predicted molar refractivity (Wildman–Crippen MR) is 94.5 cm³/mol. The molecule has 4 rings (SSSR count). The number of benzene rings is 2. The number of fused-ring (bicyclic) bond motifs is 2. The molecule has 0 radical (unpaired) electrons. The van der Waals surface area contributed by atoms with Gasteiger partial charge in [-0.05, 0) is 23.8 Å². The number of nitrogens with one attached hydrogen (secondary N) is 1. The Morgan fingerprint density at radius 1 is 1.17 bits per heavy atom. The maximum atomic E-state index is 12.3. The third-order valence-electron chi connectivity index (χ3n) is 4.48. The number of hydrogen-bond donors (Lipinski definition) is 1. The zero-order valence-corrected chi connectivity index (χ0v) is 14.8. The molecule has 2 aliphatic rings. The summed E-state index contributed by atoms with van der Waals surface area (Å²) >= 11 is 3.43. The van der Waals surface area contributed by atoms with Gasteiger partial charge in [-0.25, -0.2) is 0 Å². The first-order valence-corrected chi connectivity index (χ1v) is 8.94. The van der Waals surface area contributed by atoms with Crippen molar-refractivity contribution in [1.29, 1.82) is 0 Å². The minimum atomic E-state index is 0.0105. The van der Waals surface area contributed by atoms with Gasteiger partial charge < -0.3 is 14.8 Å². The van der Waals surface area contributed by atoms with Crippen LogP contribution in [0.15, 0.2) is 34.8 Å². The van der Waals surface area contributed by atoms with Crippen LogP contribution in [0.5, 0.6) is 11.5 Å². The quantitative estimate of drug-likeness (QED) is 0.876. The molecular formula is C19H18BrNO3. The smallest absolute Gasteiger partial charge is 0.224 e. The van der Waals surface area contributed by atoms with E-state index in [2.05, 4.69) is 27.3 Å². The monoisotopic (exact) mass is 387 g/mol. The summed E-state index contributed by atoms with van der Waals surface area (Å²) in [6, 6.07) is 9.91. The molecule has 2 aromatic rings. The molecule has 124 valence electrons. The van der Waals surface area contributed by atoms with Gasteiger partial charge in [0.15, 0.2) is 0 Å². The summed E-state index contributed by atoms with van der Waals surface area (Å²) in [5.41, 5.74) is 4.44. The molecule has 0 saturated carbocycles. The molecule has 1 N–H and O–H groups in total. The van der Waals surface area contributed by atoms with Crippen LogP contribution in [0, 0.1) is 0 Å². The SMILES string of the molecule is O=C(Cc1cccc(Br)c1)NCc1c2c(cc3c1OCC3)OCC2. The highest BCUT2D eigenvalue weighted by Gasteiger charge is 2.26. The van der Waals surface area contributed by atoms with Crippen molar-refractivity contribution in [3.8, 4) is 11.5 Å². The highest BCUT2D eigenvalue weighted by atomic mass is 79.9. The molecule has 24 heavy (non-hydrogen) atoms. The van der Waals surface area contributed by atoms with Gasteiger partial charge in [-0.15, -0.1) is 0 Å². The second-order valence-corrected chi connectivity index (χ2v) is 7.02. The van der Waals surface area contributed by atoms with Crippen LogP contribution in [0.3, 0.4) is 0 Å². The zero-order chi connectivity index (χ0) is 16.5. The average Bonchev–Trinajstić information content (AvgIpc) is 3.20. The maximum Gasteiger partial charge on any atom is 0.224 e. The Kier molecular flexibility index (Phi) is 4.19. The van der Waals surface area contributed by atoms with Crippen molar-refractivity contribution in [3.63, 3.8) is 0 Å². The van der Waals surface area contributed by atoms with Gasteiger partial charge >= 0.3 is 0 Å². The highest BCUT2D eigenvalue weighted by Crippen LogP contribution is 2.40. The van der Waals surface area contributed by atoms with Crippen molar-refractivity contribution in [2.24, 2.45) is 0 Å². The lowest BCUT2D eigenvalue weighted by Gasteiger charge is -2.14. The van der Waals surface area contributed by atoms with Gasteiger partial charge in [0.05, 0.1) is 19.6 Å². The van der Waals surface area contributed by atoms with Gasteiger partial charge in [-0.3, -0.25) is 4.79 Å². The van der Waals surface area contributed by atoms with E-state index in [1.165, 1.54) is 11.1 Å². The lowest BCUT2D eigenvalue weighted by Crippen LogP contribution is -2.25. The van der Waals surface area contributed by atoms with E-state index in [0.717, 1.165) is 39.9 Å². The van der Waals surface area contributed by atoms with E-state index < -0.39 is 0 Å². The highest BCUT2D eigenvalue weighted by molar-refractivity contribution is 9.10. The average molecular weight is 388 g/mol. The van der Waals surface area contributed by atoms with Gasteiger partial charge in [-0.1, -0.05) is 28.1 Å². The molecule has 2 aromatic carbocycles. The number of carbonyl (C=O) groups excluding carboxylic acids is 1. The molecule has 0 spiro atoms. The summed E-state index contributed by atoms with van der Waals surface area (Å²) in [4.78, 5) is 12.3. The van der Waals surface area contributed by atoms with Crippen molar-refractivity contribution < 1.29 is 14.3 Å². The zero-order valence-electron chi connectivity index (χ0n) is 13.2. The van der Waals surface area contributed by atoms with Gasteiger partial charge in [0, 0.05) is 40.5 Å². The Morgan fingerprint density at radius 2 is 2.04 bits per heavy atom. The first-order chi connectivity index (χ1) is 11.7. The number of hydrogen-bond acceptors (Lipinski definition) is 3. The Balaban J connectivity index is 1.49. The van der Waals surface area contributed by atoms with E-state index >= 15 is 0 Å². The normalized spacial score (nSPS) is 14.5. The molecule has 0 saturated heterocycles. The van der Waals surface area contributed by atoms with Crippen LogP contribution >= 0.6 is 15.9 Å². The lowest BCUT2D eigenvalue weighted by molar-refractivity contribution is -0.120. The van der Waals surface area contributed by atoms with Crippen molar-refractivity contribution >= 4 is 21.8 Å². The fourth-order valence-corrected chi connectivity index (χ4v) is 3.80. The number of halogens is 1.